The van der Waals surface area contributed by atoms with E-state index in [1.807, 2.05) is 36.1 Å². The minimum atomic E-state index is -0.591. The predicted octanol–water partition coefficient (Wildman–Crippen LogP) is 5.11. The van der Waals surface area contributed by atoms with Gasteiger partial charge in [-0.05, 0) is 63.4 Å². The summed E-state index contributed by atoms with van der Waals surface area (Å²) in [5.74, 6) is 0.236. The average molecular weight is 482 g/mol. The number of pyridine rings is 1. The number of nitrogens with zero attached hydrogens (tertiary/aromatic N) is 6. The highest BCUT2D eigenvalue weighted by molar-refractivity contribution is 6.04. The number of aryl methyl sites for hydroxylation is 1. The lowest BCUT2D eigenvalue weighted by atomic mass is 10.1. The third kappa shape index (κ3) is 4.56. The number of carbonyl (C=O) groups excluding carboxylic acids is 1. The van der Waals surface area contributed by atoms with E-state index in [0.717, 1.165) is 24.1 Å². The normalized spacial score (nSPS) is 13.1. The van der Waals surface area contributed by atoms with E-state index in [1.165, 1.54) is 6.07 Å². The lowest BCUT2D eigenvalue weighted by Crippen LogP contribution is -2.16. The van der Waals surface area contributed by atoms with Gasteiger partial charge in [0.2, 0.25) is 0 Å². The molecule has 10 heteroatoms. The Morgan fingerprint density at radius 1 is 1.21 bits per heavy atom. The van der Waals surface area contributed by atoms with Crippen LogP contribution in [0.4, 0.5) is 10.2 Å². The molecule has 1 aliphatic rings. The van der Waals surface area contributed by atoms with Crippen LogP contribution < -0.4 is 5.32 Å². The van der Waals surface area contributed by atoms with Crippen molar-refractivity contribution in [2.75, 3.05) is 5.32 Å². The smallest absolute Gasteiger partial charge is 0.259 e. The second-order valence-corrected chi connectivity index (χ2v) is 8.62. The molecule has 0 spiro atoms. The molecule has 0 atom stereocenters. The zero-order chi connectivity index (χ0) is 23.1. The quantitative estimate of drug-likeness (QED) is 0.413. The number of carbonyl (C=O) groups is 1. The summed E-state index contributed by atoms with van der Waals surface area (Å²) in [6, 6.07) is 8.29. The van der Waals surface area contributed by atoms with Crippen molar-refractivity contribution in [2.45, 2.75) is 45.6 Å². The van der Waals surface area contributed by atoms with Crippen molar-refractivity contribution < 1.29 is 9.18 Å². The summed E-state index contributed by atoms with van der Waals surface area (Å²) in [5.41, 5.74) is 2.97. The van der Waals surface area contributed by atoms with Gasteiger partial charge in [-0.15, -0.1) is 22.6 Å². The van der Waals surface area contributed by atoms with Crippen molar-refractivity contribution in [1.29, 1.82) is 0 Å². The van der Waals surface area contributed by atoms with Gasteiger partial charge in [-0.2, -0.15) is 0 Å². The summed E-state index contributed by atoms with van der Waals surface area (Å²) in [6.07, 6.45) is 7.60. The zero-order valence-corrected chi connectivity index (χ0v) is 19.9. The summed E-state index contributed by atoms with van der Waals surface area (Å²) < 4.78 is 18.5. The monoisotopic (exact) mass is 481 g/mol. The predicted molar refractivity (Wildman–Crippen MR) is 129 cm³/mol. The molecule has 1 amide bonds. The number of nitrogens with one attached hydrogen (secondary N) is 1. The Labute approximate surface area is 202 Å². The number of rotatable bonds is 6. The first kappa shape index (κ1) is 23.6. The molecule has 1 fully saturated rings. The van der Waals surface area contributed by atoms with E-state index >= 15 is 0 Å². The van der Waals surface area contributed by atoms with E-state index in [1.54, 1.807) is 36.9 Å². The van der Waals surface area contributed by atoms with Gasteiger partial charge < -0.3 is 14.5 Å². The zero-order valence-electron chi connectivity index (χ0n) is 19.1. The minimum Gasteiger partial charge on any atom is -0.310 e. The molecule has 34 heavy (non-hydrogen) atoms. The highest BCUT2D eigenvalue weighted by Gasteiger charge is 2.26. The van der Waals surface area contributed by atoms with Crippen molar-refractivity contribution in [2.24, 2.45) is 0 Å². The minimum absolute atomic E-state index is 0. The molecule has 3 heterocycles. The molecule has 1 saturated carbocycles. The molecule has 0 bridgehead atoms. The van der Waals surface area contributed by atoms with E-state index in [4.69, 9.17) is 0 Å². The Morgan fingerprint density at radius 3 is 2.74 bits per heavy atom. The number of anilines is 1. The van der Waals surface area contributed by atoms with Gasteiger partial charge >= 0.3 is 0 Å². The molecule has 4 aromatic rings. The number of halogens is 2. The van der Waals surface area contributed by atoms with E-state index in [2.05, 4.69) is 25.5 Å². The second-order valence-electron chi connectivity index (χ2n) is 8.62. The first-order chi connectivity index (χ1) is 15.9. The maximum atomic E-state index is 14.8. The standard InChI is InChI=1S/C24H24FN7O.ClH/c1-14(2)32-13-27-30-23(32)19-5-4-6-22(28-19)29-24(33)17-10-21(15(3)9-18(17)25)31-11-20(26-12-31)16-7-8-16;/h4-6,9-14,16H,7-8H2,1-3H3,(H,28,29,33);1H. The molecule has 0 radical (unpaired) electrons. The van der Waals surface area contributed by atoms with Gasteiger partial charge in [0, 0.05) is 18.2 Å². The van der Waals surface area contributed by atoms with Gasteiger partial charge in [0.05, 0.1) is 23.3 Å². The average Bonchev–Trinajstić information content (AvgIpc) is 3.31. The Balaban J connectivity index is 0.00000274. The first-order valence-electron chi connectivity index (χ1n) is 10.9. The number of imidazole rings is 1. The molecule has 0 saturated heterocycles. The van der Waals surface area contributed by atoms with Crippen LogP contribution in [0.2, 0.25) is 0 Å². The van der Waals surface area contributed by atoms with E-state index in [0.29, 0.717) is 28.9 Å². The molecule has 1 aliphatic carbocycles. The lowest BCUT2D eigenvalue weighted by molar-refractivity contribution is 0.102. The van der Waals surface area contributed by atoms with Gasteiger partial charge in [-0.1, -0.05) is 6.07 Å². The van der Waals surface area contributed by atoms with Gasteiger partial charge in [0.25, 0.3) is 5.91 Å². The van der Waals surface area contributed by atoms with Crippen LogP contribution >= 0.6 is 12.4 Å². The molecule has 0 aliphatic heterocycles. The van der Waals surface area contributed by atoms with Crippen LogP contribution in [0.5, 0.6) is 0 Å². The third-order valence-electron chi connectivity index (χ3n) is 5.76. The highest BCUT2D eigenvalue weighted by atomic mass is 35.5. The molecule has 176 valence electrons. The summed E-state index contributed by atoms with van der Waals surface area (Å²) in [7, 11) is 0. The molecular weight excluding hydrogens is 457 g/mol. The van der Waals surface area contributed by atoms with Crippen molar-refractivity contribution >= 4 is 24.1 Å². The molecule has 5 rings (SSSR count). The van der Waals surface area contributed by atoms with Crippen LogP contribution in [-0.2, 0) is 0 Å². The number of amides is 1. The summed E-state index contributed by atoms with van der Waals surface area (Å²) in [5, 5.41) is 10.8. The maximum absolute atomic E-state index is 14.8. The molecule has 1 N–H and O–H groups in total. The van der Waals surface area contributed by atoms with Crippen LogP contribution in [0.3, 0.4) is 0 Å². The Bertz CT molecular complexity index is 1340. The Hall–Kier alpha value is -3.59. The van der Waals surface area contributed by atoms with Crippen molar-refractivity contribution in [3.63, 3.8) is 0 Å². The largest absolute Gasteiger partial charge is 0.310 e. The lowest BCUT2D eigenvalue weighted by Gasteiger charge is -2.12. The first-order valence-corrected chi connectivity index (χ1v) is 10.9. The van der Waals surface area contributed by atoms with Gasteiger partial charge in [-0.25, -0.2) is 14.4 Å². The molecule has 0 unspecified atom stereocenters. The molecular formula is C24H25ClFN7O. The fraction of sp³-hybridized carbons (Fsp3) is 0.292. The second kappa shape index (κ2) is 9.34. The summed E-state index contributed by atoms with van der Waals surface area (Å²) in [4.78, 5) is 21.9. The van der Waals surface area contributed by atoms with E-state index < -0.39 is 11.7 Å². The summed E-state index contributed by atoms with van der Waals surface area (Å²) >= 11 is 0. The number of benzene rings is 1. The molecule has 1 aromatic carbocycles. The summed E-state index contributed by atoms with van der Waals surface area (Å²) in [6.45, 7) is 5.85. The van der Waals surface area contributed by atoms with Gasteiger partial charge in [0.15, 0.2) is 5.82 Å². The number of hydrogen-bond donors (Lipinski definition) is 1. The number of aromatic nitrogens is 6. The van der Waals surface area contributed by atoms with Crippen molar-refractivity contribution in [3.8, 4) is 17.2 Å². The van der Waals surface area contributed by atoms with Crippen LogP contribution in [0.25, 0.3) is 17.2 Å². The number of hydrogen-bond acceptors (Lipinski definition) is 5. The van der Waals surface area contributed by atoms with Crippen molar-refractivity contribution in [1.82, 2.24) is 29.3 Å². The van der Waals surface area contributed by atoms with Crippen molar-refractivity contribution in [3.05, 3.63) is 71.8 Å². The van der Waals surface area contributed by atoms with Gasteiger partial charge in [0.1, 0.15) is 23.7 Å². The Kier molecular flexibility index (Phi) is 6.47. The fourth-order valence-electron chi connectivity index (χ4n) is 3.79. The SMILES string of the molecule is Cc1cc(F)c(C(=O)Nc2cccc(-c3nncn3C(C)C)n2)cc1-n1cnc(C2CC2)c1.Cl. The molecule has 3 aromatic heterocycles. The van der Waals surface area contributed by atoms with Crippen LogP contribution in [-0.4, -0.2) is 35.2 Å². The maximum Gasteiger partial charge on any atom is 0.259 e. The van der Waals surface area contributed by atoms with E-state index in [9.17, 15) is 9.18 Å². The Morgan fingerprint density at radius 2 is 2.00 bits per heavy atom. The highest BCUT2D eigenvalue weighted by Crippen LogP contribution is 2.39. The fourth-order valence-corrected chi connectivity index (χ4v) is 3.79. The topological polar surface area (TPSA) is 90.5 Å². The third-order valence-corrected chi connectivity index (χ3v) is 5.76. The van der Waals surface area contributed by atoms with Crippen LogP contribution in [0, 0.1) is 12.7 Å². The van der Waals surface area contributed by atoms with E-state index in [-0.39, 0.29) is 24.0 Å². The molecule has 8 nitrogen and oxygen atoms in total. The van der Waals surface area contributed by atoms with Gasteiger partial charge in [-0.3, -0.25) is 4.79 Å². The van der Waals surface area contributed by atoms with Crippen LogP contribution in [0.15, 0.2) is 49.2 Å². The van der Waals surface area contributed by atoms with Crippen LogP contribution in [0.1, 0.15) is 60.3 Å².